The van der Waals surface area contributed by atoms with E-state index in [0.717, 1.165) is 24.2 Å². The number of hydrogen-bond donors (Lipinski definition) is 1. The van der Waals surface area contributed by atoms with Crippen LogP contribution in [0.4, 0.5) is 0 Å². The highest BCUT2D eigenvalue weighted by Crippen LogP contribution is 2.37. The zero-order valence-electron chi connectivity index (χ0n) is 11.9. The molecule has 0 spiro atoms. The summed E-state index contributed by atoms with van der Waals surface area (Å²) in [5.74, 6) is 0.915. The minimum Gasteiger partial charge on any atom is -0.496 e. The first kappa shape index (κ1) is 14.9. The minimum atomic E-state index is -0.390. The van der Waals surface area contributed by atoms with Crippen molar-refractivity contribution in [3.05, 3.63) is 29.3 Å². The molecule has 1 N–H and O–H groups in total. The molecule has 1 aliphatic carbocycles. The fourth-order valence-corrected chi connectivity index (χ4v) is 2.82. The van der Waals surface area contributed by atoms with Gasteiger partial charge in [0, 0.05) is 0 Å². The SMILES string of the molecule is COc1ccc(C(=O)OCCO)cc1C1CCCCC1. The number of esters is 1. The Balaban J connectivity index is 2.21. The number of benzene rings is 1. The number of aliphatic hydroxyl groups is 1. The molecule has 1 aromatic carbocycles. The number of hydrogen-bond acceptors (Lipinski definition) is 4. The van der Waals surface area contributed by atoms with Gasteiger partial charge in [0.25, 0.3) is 0 Å². The third-order valence-electron chi connectivity index (χ3n) is 3.83. The average Bonchev–Trinajstić information content (AvgIpc) is 2.52. The number of ether oxygens (including phenoxy) is 2. The van der Waals surface area contributed by atoms with Crippen molar-refractivity contribution in [2.75, 3.05) is 20.3 Å². The summed E-state index contributed by atoms with van der Waals surface area (Å²) in [6.07, 6.45) is 6.04. The maximum absolute atomic E-state index is 11.9. The molecule has 0 bridgehead atoms. The van der Waals surface area contributed by atoms with Gasteiger partial charge in [0.2, 0.25) is 0 Å². The highest BCUT2D eigenvalue weighted by molar-refractivity contribution is 5.90. The predicted octanol–water partition coefficient (Wildman–Crippen LogP) is 2.89. The van der Waals surface area contributed by atoms with Gasteiger partial charge in [-0.2, -0.15) is 0 Å². The van der Waals surface area contributed by atoms with Crippen LogP contribution in [0.25, 0.3) is 0 Å². The number of rotatable bonds is 5. The molecule has 0 radical (unpaired) electrons. The summed E-state index contributed by atoms with van der Waals surface area (Å²) in [7, 11) is 1.66. The van der Waals surface area contributed by atoms with E-state index in [-0.39, 0.29) is 13.2 Å². The largest absolute Gasteiger partial charge is 0.496 e. The van der Waals surface area contributed by atoms with E-state index in [9.17, 15) is 4.79 Å². The molecule has 0 unspecified atom stereocenters. The third-order valence-corrected chi connectivity index (χ3v) is 3.83. The normalized spacial score (nSPS) is 15.9. The van der Waals surface area contributed by atoms with Gasteiger partial charge < -0.3 is 14.6 Å². The Morgan fingerprint density at radius 1 is 1.30 bits per heavy atom. The zero-order chi connectivity index (χ0) is 14.4. The van der Waals surface area contributed by atoms with E-state index in [1.54, 1.807) is 13.2 Å². The van der Waals surface area contributed by atoms with Crippen LogP contribution in [0.3, 0.4) is 0 Å². The highest BCUT2D eigenvalue weighted by atomic mass is 16.5. The van der Waals surface area contributed by atoms with Crippen LogP contribution < -0.4 is 4.74 Å². The van der Waals surface area contributed by atoms with Gasteiger partial charge in [0.05, 0.1) is 19.3 Å². The second-order valence-corrected chi connectivity index (χ2v) is 5.15. The Hall–Kier alpha value is -1.55. The summed E-state index contributed by atoms with van der Waals surface area (Å²) >= 11 is 0. The van der Waals surface area contributed by atoms with Gasteiger partial charge in [-0.1, -0.05) is 19.3 Å². The molecule has 4 nitrogen and oxygen atoms in total. The van der Waals surface area contributed by atoms with Crippen LogP contribution in [-0.2, 0) is 4.74 Å². The predicted molar refractivity (Wildman–Crippen MR) is 76.2 cm³/mol. The van der Waals surface area contributed by atoms with E-state index in [4.69, 9.17) is 14.6 Å². The van der Waals surface area contributed by atoms with Crippen LogP contribution in [-0.4, -0.2) is 31.4 Å². The van der Waals surface area contributed by atoms with Crippen LogP contribution in [0.1, 0.15) is 53.9 Å². The van der Waals surface area contributed by atoms with Gasteiger partial charge in [-0.3, -0.25) is 0 Å². The number of aliphatic hydroxyl groups excluding tert-OH is 1. The Morgan fingerprint density at radius 2 is 2.05 bits per heavy atom. The lowest BCUT2D eigenvalue weighted by Crippen LogP contribution is -2.11. The molecule has 1 aliphatic rings. The molecule has 20 heavy (non-hydrogen) atoms. The Kier molecular flexibility index (Phi) is 5.41. The smallest absolute Gasteiger partial charge is 0.338 e. The first-order valence-electron chi connectivity index (χ1n) is 7.22. The topological polar surface area (TPSA) is 55.8 Å². The summed E-state index contributed by atoms with van der Waals surface area (Å²) < 4.78 is 10.4. The summed E-state index contributed by atoms with van der Waals surface area (Å²) in [6, 6.07) is 5.43. The lowest BCUT2D eigenvalue weighted by atomic mass is 9.83. The highest BCUT2D eigenvalue weighted by Gasteiger charge is 2.21. The number of carbonyl (C=O) groups excluding carboxylic acids is 1. The van der Waals surface area contributed by atoms with E-state index >= 15 is 0 Å². The summed E-state index contributed by atoms with van der Waals surface area (Å²) in [5.41, 5.74) is 1.63. The van der Waals surface area contributed by atoms with Crippen LogP contribution in [0.15, 0.2) is 18.2 Å². The van der Waals surface area contributed by atoms with Gasteiger partial charge >= 0.3 is 5.97 Å². The van der Waals surface area contributed by atoms with Gasteiger partial charge in [0.15, 0.2) is 0 Å². The first-order valence-corrected chi connectivity index (χ1v) is 7.22. The van der Waals surface area contributed by atoms with Crippen molar-refractivity contribution >= 4 is 5.97 Å². The van der Waals surface area contributed by atoms with Crippen molar-refractivity contribution in [3.8, 4) is 5.75 Å². The van der Waals surface area contributed by atoms with Gasteiger partial charge in [-0.25, -0.2) is 4.79 Å². The molecule has 4 heteroatoms. The van der Waals surface area contributed by atoms with Gasteiger partial charge in [-0.15, -0.1) is 0 Å². The molecule has 2 rings (SSSR count). The minimum absolute atomic E-state index is 0.0314. The third kappa shape index (κ3) is 3.51. The van der Waals surface area contributed by atoms with Crippen LogP contribution >= 0.6 is 0 Å². The number of methoxy groups -OCH3 is 1. The second-order valence-electron chi connectivity index (χ2n) is 5.15. The van der Waals surface area contributed by atoms with Crippen LogP contribution in [0.5, 0.6) is 5.75 Å². The summed E-state index contributed by atoms with van der Waals surface area (Å²) in [5, 5.41) is 8.71. The van der Waals surface area contributed by atoms with Crippen molar-refractivity contribution in [3.63, 3.8) is 0 Å². The van der Waals surface area contributed by atoms with Gasteiger partial charge in [-0.05, 0) is 42.5 Å². The molecule has 0 amide bonds. The fraction of sp³-hybridized carbons (Fsp3) is 0.562. The van der Waals surface area contributed by atoms with Crippen molar-refractivity contribution in [2.24, 2.45) is 0 Å². The van der Waals surface area contributed by atoms with Crippen LogP contribution in [0, 0.1) is 0 Å². The molecule has 0 heterocycles. The van der Waals surface area contributed by atoms with E-state index in [1.165, 1.54) is 19.3 Å². The van der Waals surface area contributed by atoms with Crippen molar-refractivity contribution in [1.29, 1.82) is 0 Å². The Bertz CT molecular complexity index is 450. The average molecular weight is 278 g/mol. The van der Waals surface area contributed by atoms with Crippen molar-refractivity contribution in [1.82, 2.24) is 0 Å². The molecule has 110 valence electrons. The van der Waals surface area contributed by atoms with E-state index < -0.39 is 5.97 Å². The molecule has 0 saturated heterocycles. The molecule has 0 aromatic heterocycles. The Labute approximate surface area is 119 Å². The maximum atomic E-state index is 11.9. The van der Waals surface area contributed by atoms with Crippen LogP contribution in [0.2, 0.25) is 0 Å². The lowest BCUT2D eigenvalue weighted by Gasteiger charge is -2.24. The summed E-state index contributed by atoms with van der Waals surface area (Å²) in [6.45, 7) is -0.124. The van der Waals surface area contributed by atoms with E-state index in [2.05, 4.69) is 0 Å². The molecule has 0 atom stereocenters. The molecule has 1 saturated carbocycles. The molecular weight excluding hydrogens is 256 g/mol. The van der Waals surface area contributed by atoms with Crippen molar-refractivity contribution < 1.29 is 19.4 Å². The quantitative estimate of drug-likeness (QED) is 0.841. The molecule has 0 aliphatic heterocycles. The van der Waals surface area contributed by atoms with E-state index in [1.807, 2.05) is 12.1 Å². The second kappa shape index (κ2) is 7.29. The molecule has 1 fully saturated rings. The standard InChI is InChI=1S/C16H22O4/c1-19-15-8-7-13(16(18)20-10-9-17)11-14(15)12-5-3-2-4-6-12/h7-8,11-12,17H,2-6,9-10H2,1H3. The van der Waals surface area contributed by atoms with Gasteiger partial charge in [0.1, 0.15) is 12.4 Å². The monoisotopic (exact) mass is 278 g/mol. The zero-order valence-corrected chi connectivity index (χ0v) is 11.9. The maximum Gasteiger partial charge on any atom is 0.338 e. The fourth-order valence-electron chi connectivity index (χ4n) is 2.82. The Morgan fingerprint density at radius 3 is 2.70 bits per heavy atom. The molecule has 1 aromatic rings. The van der Waals surface area contributed by atoms with Crippen molar-refractivity contribution in [2.45, 2.75) is 38.0 Å². The van der Waals surface area contributed by atoms with E-state index in [0.29, 0.717) is 11.5 Å². The lowest BCUT2D eigenvalue weighted by molar-refractivity contribution is 0.0433. The number of carbonyl (C=O) groups is 1. The molecular formula is C16H22O4. The summed E-state index contributed by atoms with van der Waals surface area (Å²) in [4.78, 5) is 11.9. The first-order chi connectivity index (χ1) is 9.76.